The molecule has 0 amide bonds. The van der Waals surface area contributed by atoms with Gasteiger partial charge in [0.15, 0.2) is 0 Å². The van der Waals surface area contributed by atoms with Gasteiger partial charge in [0, 0.05) is 5.69 Å². The van der Waals surface area contributed by atoms with Gasteiger partial charge in [-0.1, -0.05) is 0 Å². The van der Waals surface area contributed by atoms with E-state index in [9.17, 15) is 17.2 Å². The summed E-state index contributed by atoms with van der Waals surface area (Å²) in [6.45, 7) is 0.383. The average Bonchev–Trinajstić information content (AvgIpc) is 2.82. The number of nitrogens with one attached hydrogen (secondary N) is 1. The minimum absolute atomic E-state index is 0.383. The number of alkyl halides is 2. The Kier molecular flexibility index (Phi) is 4.44. The second-order valence-corrected chi connectivity index (χ2v) is 6.65. The van der Waals surface area contributed by atoms with Gasteiger partial charge in [0.2, 0.25) is 9.84 Å². The molecule has 2 rings (SSSR count). The minimum Gasteiger partial charge on any atom is -0.466 e. The number of rotatable bonds is 5. The fourth-order valence-electron chi connectivity index (χ4n) is 1.50. The van der Waals surface area contributed by atoms with Gasteiger partial charge in [-0.2, -0.15) is 8.78 Å². The highest BCUT2D eigenvalue weighted by Crippen LogP contribution is 2.22. The predicted octanol–water partition coefficient (Wildman–Crippen LogP) is 3.65. The van der Waals surface area contributed by atoms with Crippen molar-refractivity contribution in [3.8, 4) is 0 Å². The van der Waals surface area contributed by atoms with Gasteiger partial charge in [0.1, 0.15) is 5.76 Å². The molecule has 0 saturated heterocycles. The maximum atomic E-state index is 12.4. The molecule has 0 aliphatic heterocycles. The lowest BCUT2D eigenvalue weighted by Crippen LogP contribution is -2.11. The van der Waals surface area contributed by atoms with Crippen LogP contribution >= 0.6 is 15.9 Å². The first-order chi connectivity index (χ1) is 9.41. The van der Waals surface area contributed by atoms with Crippen LogP contribution in [0.4, 0.5) is 14.5 Å². The van der Waals surface area contributed by atoms with Crippen LogP contribution < -0.4 is 5.32 Å². The van der Waals surface area contributed by atoms with Crippen LogP contribution in [0.25, 0.3) is 0 Å². The smallest absolute Gasteiger partial charge is 0.341 e. The van der Waals surface area contributed by atoms with E-state index in [0.29, 0.717) is 18.0 Å². The lowest BCUT2D eigenvalue weighted by Gasteiger charge is -2.07. The van der Waals surface area contributed by atoms with Crippen molar-refractivity contribution in [1.29, 1.82) is 0 Å². The highest BCUT2D eigenvalue weighted by Gasteiger charge is 2.26. The zero-order valence-electron chi connectivity index (χ0n) is 10.0. The topological polar surface area (TPSA) is 59.3 Å². The monoisotopic (exact) mass is 365 g/mol. The van der Waals surface area contributed by atoms with E-state index in [0.717, 1.165) is 16.6 Å². The standard InChI is InChI=1S/C12H10BrF2NO3S/c13-10-5-6-19-11(10)7-16-8-1-3-9(4-2-8)20(17,18)12(14)15/h1-6,12,16H,7H2. The molecule has 0 fully saturated rings. The van der Waals surface area contributed by atoms with Crippen LogP contribution in [0.5, 0.6) is 0 Å². The molecule has 20 heavy (non-hydrogen) atoms. The second-order valence-electron chi connectivity index (χ2n) is 3.88. The molecule has 1 aromatic carbocycles. The van der Waals surface area contributed by atoms with Crippen molar-refractivity contribution in [2.45, 2.75) is 17.2 Å². The minimum atomic E-state index is -4.55. The predicted molar refractivity (Wildman–Crippen MR) is 73.4 cm³/mol. The molecule has 0 saturated carbocycles. The van der Waals surface area contributed by atoms with Crippen molar-refractivity contribution in [1.82, 2.24) is 0 Å². The van der Waals surface area contributed by atoms with Gasteiger partial charge in [0.25, 0.3) is 0 Å². The SMILES string of the molecule is O=S(=O)(c1ccc(NCc2occc2Br)cc1)C(F)F. The Morgan fingerprint density at radius 3 is 2.35 bits per heavy atom. The number of hydrogen-bond acceptors (Lipinski definition) is 4. The fourth-order valence-corrected chi connectivity index (χ4v) is 2.56. The molecule has 0 unspecified atom stereocenters. The van der Waals surface area contributed by atoms with Crippen LogP contribution in [-0.2, 0) is 16.4 Å². The molecule has 0 spiro atoms. The largest absolute Gasteiger partial charge is 0.466 e. The first-order valence-electron chi connectivity index (χ1n) is 5.49. The van der Waals surface area contributed by atoms with Crippen LogP contribution in [0, 0.1) is 0 Å². The van der Waals surface area contributed by atoms with E-state index in [1.54, 1.807) is 6.07 Å². The molecule has 2 aromatic rings. The van der Waals surface area contributed by atoms with Crippen LogP contribution in [0.3, 0.4) is 0 Å². The van der Waals surface area contributed by atoms with E-state index in [4.69, 9.17) is 4.42 Å². The summed E-state index contributed by atoms with van der Waals surface area (Å²) < 4.78 is 53.2. The Bertz CT molecular complexity index is 683. The maximum absolute atomic E-state index is 12.4. The molecule has 8 heteroatoms. The molecule has 1 heterocycles. The molecular weight excluding hydrogens is 356 g/mol. The van der Waals surface area contributed by atoms with Gasteiger partial charge in [-0.15, -0.1) is 0 Å². The zero-order valence-corrected chi connectivity index (χ0v) is 12.4. The van der Waals surface area contributed by atoms with Gasteiger partial charge in [-0.25, -0.2) is 8.42 Å². The quantitative estimate of drug-likeness (QED) is 0.878. The van der Waals surface area contributed by atoms with Crippen molar-refractivity contribution in [3.63, 3.8) is 0 Å². The van der Waals surface area contributed by atoms with Crippen molar-refractivity contribution in [2.75, 3.05) is 5.32 Å². The Morgan fingerprint density at radius 2 is 1.85 bits per heavy atom. The molecule has 0 atom stereocenters. The van der Waals surface area contributed by atoms with E-state index in [2.05, 4.69) is 21.2 Å². The lowest BCUT2D eigenvalue weighted by molar-refractivity contribution is 0.234. The van der Waals surface area contributed by atoms with Crippen LogP contribution in [0.2, 0.25) is 0 Å². The van der Waals surface area contributed by atoms with Gasteiger partial charge >= 0.3 is 5.76 Å². The first-order valence-corrected chi connectivity index (χ1v) is 7.83. The third-order valence-corrected chi connectivity index (χ3v) is 4.67. The Morgan fingerprint density at radius 1 is 1.20 bits per heavy atom. The Labute approximate surface area is 122 Å². The highest BCUT2D eigenvalue weighted by atomic mass is 79.9. The summed E-state index contributed by atoms with van der Waals surface area (Å²) in [5, 5.41) is 2.99. The van der Waals surface area contributed by atoms with Gasteiger partial charge in [0.05, 0.1) is 22.2 Å². The fraction of sp³-hybridized carbons (Fsp3) is 0.167. The molecule has 0 aliphatic rings. The highest BCUT2D eigenvalue weighted by molar-refractivity contribution is 9.10. The molecule has 0 radical (unpaired) electrons. The van der Waals surface area contributed by atoms with E-state index >= 15 is 0 Å². The molecule has 108 valence electrons. The van der Waals surface area contributed by atoms with Crippen molar-refractivity contribution >= 4 is 31.5 Å². The van der Waals surface area contributed by atoms with Gasteiger partial charge in [-0.3, -0.25) is 0 Å². The van der Waals surface area contributed by atoms with E-state index < -0.39 is 20.5 Å². The van der Waals surface area contributed by atoms with Gasteiger partial charge in [-0.05, 0) is 46.3 Å². The lowest BCUT2D eigenvalue weighted by atomic mass is 10.3. The van der Waals surface area contributed by atoms with Gasteiger partial charge < -0.3 is 9.73 Å². The van der Waals surface area contributed by atoms with E-state index in [1.165, 1.54) is 18.4 Å². The number of sulfone groups is 1. The summed E-state index contributed by atoms with van der Waals surface area (Å²) in [5.74, 6) is -2.74. The third-order valence-electron chi connectivity index (χ3n) is 2.56. The zero-order chi connectivity index (χ0) is 14.8. The molecule has 0 bridgehead atoms. The van der Waals surface area contributed by atoms with Crippen LogP contribution in [-0.4, -0.2) is 14.2 Å². The molecule has 1 aromatic heterocycles. The number of halogens is 3. The molecular formula is C12H10BrF2NO3S. The molecule has 1 N–H and O–H groups in total. The Balaban J connectivity index is 2.08. The summed E-state index contributed by atoms with van der Waals surface area (Å²) in [4.78, 5) is -0.405. The van der Waals surface area contributed by atoms with Crippen molar-refractivity contribution in [2.24, 2.45) is 0 Å². The summed E-state index contributed by atoms with van der Waals surface area (Å²) in [5.41, 5.74) is 0.599. The normalized spacial score (nSPS) is 11.8. The summed E-state index contributed by atoms with van der Waals surface area (Å²) in [6.07, 6.45) is 1.53. The van der Waals surface area contributed by atoms with E-state index in [-0.39, 0.29) is 0 Å². The van der Waals surface area contributed by atoms with Crippen molar-refractivity contribution in [3.05, 3.63) is 46.8 Å². The maximum Gasteiger partial charge on any atom is 0.341 e. The number of furan rings is 1. The van der Waals surface area contributed by atoms with E-state index in [1.807, 2.05) is 0 Å². The summed E-state index contributed by atoms with van der Waals surface area (Å²) >= 11 is 3.30. The second kappa shape index (κ2) is 5.92. The summed E-state index contributed by atoms with van der Waals surface area (Å²) in [6, 6.07) is 6.87. The first kappa shape index (κ1) is 15.0. The third kappa shape index (κ3) is 3.18. The van der Waals surface area contributed by atoms with Crippen LogP contribution in [0.1, 0.15) is 5.76 Å². The molecule has 4 nitrogen and oxygen atoms in total. The average molecular weight is 366 g/mol. The van der Waals surface area contributed by atoms with Crippen molar-refractivity contribution < 1.29 is 21.6 Å². The number of benzene rings is 1. The summed E-state index contributed by atoms with van der Waals surface area (Å²) in [7, 11) is -4.55. The number of hydrogen-bond donors (Lipinski definition) is 1. The van der Waals surface area contributed by atoms with Crippen LogP contribution in [0.15, 0.2) is 50.4 Å². The Hall–Kier alpha value is -1.41. The molecule has 0 aliphatic carbocycles. The number of anilines is 1.